The standard InChI is InChI=1S/C20H23NO2/c1-10(2)16-14-7-8-15(16)18-17(14)19(22)21(20(18)23)13-6-5-11(3)12(4)9-13/h5-6,9,14-15,17-18H,7-8H2,1-4H3/t14-,15+,17+,18-. The molecule has 3 aliphatic rings. The average molecular weight is 309 g/mol. The maximum absolute atomic E-state index is 13.0. The number of rotatable bonds is 1. The van der Waals surface area contributed by atoms with Crippen LogP contribution >= 0.6 is 0 Å². The van der Waals surface area contributed by atoms with Gasteiger partial charge in [0, 0.05) is 0 Å². The molecule has 0 spiro atoms. The number of benzene rings is 1. The van der Waals surface area contributed by atoms with Gasteiger partial charge in [-0.3, -0.25) is 14.5 Å². The minimum absolute atomic E-state index is 0.0224. The fourth-order valence-electron chi connectivity index (χ4n) is 5.11. The molecule has 1 aromatic rings. The number of fused-ring (bicyclic) bond motifs is 5. The van der Waals surface area contributed by atoms with Crippen molar-refractivity contribution in [2.45, 2.75) is 40.5 Å². The molecule has 0 aromatic heterocycles. The van der Waals surface area contributed by atoms with Gasteiger partial charge in [0.2, 0.25) is 11.8 Å². The Hall–Kier alpha value is -1.90. The molecule has 2 amide bonds. The molecule has 2 aliphatic carbocycles. The fourth-order valence-corrected chi connectivity index (χ4v) is 5.11. The summed E-state index contributed by atoms with van der Waals surface area (Å²) in [6.07, 6.45) is 2.12. The molecule has 2 bridgehead atoms. The number of carbonyl (C=O) groups excluding carboxylic acids is 2. The highest BCUT2D eigenvalue weighted by molar-refractivity contribution is 6.23. The van der Waals surface area contributed by atoms with Gasteiger partial charge in [-0.05, 0) is 75.6 Å². The average Bonchev–Trinajstić information content (AvgIpc) is 3.13. The summed E-state index contributed by atoms with van der Waals surface area (Å²) in [5.41, 5.74) is 5.76. The monoisotopic (exact) mass is 309 g/mol. The third-order valence-electron chi connectivity index (χ3n) is 6.18. The van der Waals surface area contributed by atoms with Crippen molar-refractivity contribution < 1.29 is 9.59 Å². The molecular formula is C20H23NO2. The van der Waals surface area contributed by atoms with E-state index < -0.39 is 0 Å². The lowest BCUT2D eigenvalue weighted by Crippen LogP contribution is -2.33. The van der Waals surface area contributed by atoms with E-state index in [2.05, 4.69) is 13.8 Å². The van der Waals surface area contributed by atoms with Crippen molar-refractivity contribution in [3.05, 3.63) is 40.5 Å². The van der Waals surface area contributed by atoms with Gasteiger partial charge in [0.25, 0.3) is 0 Å². The van der Waals surface area contributed by atoms with Crippen LogP contribution < -0.4 is 4.90 Å². The van der Waals surface area contributed by atoms with Crippen molar-refractivity contribution in [3.8, 4) is 0 Å². The predicted octanol–water partition coefficient (Wildman–Crippen LogP) is 3.79. The smallest absolute Gasteiger partial charge is 0.238 e. The van der Waals surface area contributed by atoms with Crippen LogP contribution in [-0.4, -0.2) is 11.8 Å². The predicted molar refractivity (Wildman–Crippen MR) is 90.0 cm³/mol. The van der Waals surface area contributed by atoms with Crippen molar-refractivity contribution >= 4 is 17.5 Å². The minimum Gasteiger partial charge on any atom is -0.274 e. The summed E-state index contributed by atoms with van der Waals surface area (Å²) in [6.45, 7) is 8.31. The van der Waals surface area contributed by atoms with E-state index in [-0.39, 0.29) is 23.7 Å². The Kier molecular flexibility index (Phi) is 3.06. The van der Waals surface area contributed by atoms with E-state index >= 15 is 0 Å². The molecular weight excluding hydrogens is 286 g/mol. The van der Waals surface area contributed by atoms with Crippen LogP contribution in [-0.2, 0) is 9.59 Å². The van der Waals surface area contributed by atoms with E-state index in [1.54, 1.807) is 0 Å². The topological polar surface area (TPSA) is 37.4 Å². The Morgan fingerprint density at radius 3 is 2.00 bits per heavy atom. The van der Waals surface area contributed by atoms with Crippen LogP contribution in [0.25, 0.3) is 0 Å². The molecule has 2 saturated carbocycles. The number of imide groups is 1. The molecule has 3 heteroatoms. The maximum atomic E-state index is 13.0. The van der Waals surface area contributed by atoms with E-state index in [1.807, 2.05) is 32.0 Å². The fraction of sp³-hybridized carbons (Fsp3) is 0.500. The molecule has 3 fully saturated rings. The minimum atomic E-state index is -0.118. The number of aryl methyl sites for hydroxylation is 2. The van der Waals surface area contributed by atoms with Crippen molar-refractivity contribution in [2.75, 3.05) is 4.90 Å². The van der Waals surface area contributed by atoms with Gasteiger partial charge in [-0.25, -0.2) is 0 Å². The van der Waals surface area contributed by atoms with Crippen molar-refractivity contribution in [1.82, 2.24) is 0 Å². The lowest BCUT2D eigenvalue weighted by Gasteiger charge is -2.20. The summed E-state index contributed by atoms with van der Waals surface area (Å²) in [6, 6.07) is 5.87. The molecule has 1 saturated heterocycles. The number of anilines is 1. The van der Waals surface area contributed by atoms with Crippen LogP contribution in [0.15, 0.2) is 29.3 Å². The highest BCUT2D eigenvalue weighted by Crippen LogP contribution is 2.60. The number of amides is 2. The van der Waals surface area contributed by atoms with Crippen LogP contribution in [0, 0.1) is 37.5 Å². The zero-order valence-corrected chi connectivity index (χ0v) is 14.2. The van der Waals surface area contributed by atoms with Gasteiger partial charge in [0.05, 0.1) is 17.5 Å². The molecule has 1 aromatic carbocycles. The van der Waals surface area contributed by atoms with Crippen LogP contribution in [0.4, 0.5) is 5.69 Å². The molecule has 0 radical (unpaired) electrons. The second-order valence-corrected chi connectivity index (χ2v) is 7.58. The number of hydrogen-bond acceptors (Lipinski definition) is 2. The first-order chi connectivity index (χ1) is 10.9. The van der Waals surface area contributed by atoms with Crippen molar-refractivity contribution in [1.29, 1.82) is 0 Å². The first-order valence-electron chi connectivity index (χ1n) is 8.54. The zero-order valence-electron chi connectivity index (χ0n) is 14.2. The Balaban J connectivity index is 1.76. The molecule has 0 unspecified atom stereocenters. The molecule has 23 heavy (non-hydrogen) atoms. The van der Waals surface area contributed by atoms with E-state index in [0.717, 1.165) is 24.1 Å². The van der Waals surface area contributed by atoms with Gasteiger partial charge in [-0.1, -0.05) is 17.2 Å². The summed E-state index contributed by atoms with van der Waals surface area (Å²) >= 11 is 0. The highest BCUT2D eigenvalue weighted by atomic mass is 16.2. The van der Waals surface area contributed by atoms with Crippen LogP contribution in [0.3, 0.4) is 0 Å². The number of allylic oxidation sites excluding steroid dienone is 2. The second-order valence-electron chi connectivity index (χ2n) is 7.58. The van der Waals surface area contributed by atoms with E-state index in [0.29, 0.717) is 11.8 Å². The third-order valence-corrected chi connectivity index (χ3v) is 6.18. The zero-order chi connectivity index (χ0) is 16.5. The summed E-state index contributed by atoms with van der Waals surface area (Å²) < 4.78 is 0. The van der Waals surface area contributed by atoms with Gasteiger partial charge in [0.1, 0.15) is 0 Å². The Bertz CT molecular complexity index is 725. The second kappa shape index (κ2) is 4.80. The first kappa shape index (κ1) is 14.7. The molecule has 120 valence electrons. The molecule has 3 nitrogen and oxygen atoms in total. The summed E-state index contributed by atoms with van der Waals surface area (Å²) in [4.78, 5) is 27.5. The van der Waals surface area contributed by atoms with Crippen LogP contribution in [0.2, 0.25) is 0 Å². The maximum Gasteiger partial charge on any atom is 0.238 e. The van der Waals surface area contributed by atoms with Crippen molar-refractivity contribution in [2.24, 2.45) is 23.7 Å². The highest BCUT2D eigenvalue weighted by Gasteiger charge is 2.63. The van der Waals surface area contributed by atoms with Crippen LogP contribution in [0.1, 0.15) is 37.8 Å². The van der Waals surface area contributed by atoms with Crippen LogP contribution in [0.5, 0.6) is 0 Å². The Morgan fingerprint density at radius 2 is 1.52 bits per heavy atom. The van der Waals surface area contributed by atoms with Gasteiger partial charge in [0.15, 0.2) is 0 Å². The molecule has 4 rings (SSSR count). The number of nitrogens with zero attached hydrogens (tertiary/aromatic N) is 1. The van der Waals surface area contributed by atoms with E-state index in [1.165, 1.54) is 21.6 Å². The molecule has 1 aliphatic heterocycles. The Labute approximate surface area is 137 Å². The molecule has 0 N–H and O–H groups in total. The molecule has 1 heterocycles. The number of carbonyl (C=O) groups is 2. The van der Waals surface area contributed by atoms with Gasteiger partial charge >= 0.3 is 0 Å². The SMILES string of the molecule is CC(C)=C1[C@H]2CC[C@@H]1[C@H]1C(=O)N(c3ccc(C)c(C)c3)C(=O)[C@H]12. The van der Waals surface area contributed by atoms with Gasteiger partial charge < -0.3 is 0 Å². The third kappa shape index (κ3) is 1.82. The largest absolute Gasteiger partial charge is 0.274 e. The van der Waals surface area contributed by atoms with Gasteiger partial charge in [-0.15, -0.1) is 0 Å². The van der Waals surface area contributed by atoms with Crippen molar-refractivity contribution in [3.63, 3.8) is 0 Å². The summed E-state index contributed by atoms with van der Waals surface area (Å²) in [7, 11) is 0. The summed E-state index contributed by atoms with van der Waals surface area (Å²) in [5.74, 6) is 0.398. The van der Waals surface area contributed by atoms with Gasteiger partial charge in [-0.2, -0.15) is 0 Å². The lowest BCUT2D eigenvalue weighted by molar-refractivity contribution is -0.123. The normalized spacial score (nSPS) is 32.0. The molecule has 4 atom stereocenters. The number of hydrogen-bond donors (Lipinski definition) is 0. The summed E-state index contributed by atoms with van der Waals surface area (Å²) in [5, 5.41) is 0. The van der Waals surface area contributed by atoms with E-state index in [4.69, 9.17) is 0 Å². The van der Waals surface area contributed by atoms with E-state index in [9.17, 15) is 9.59 Å². The lowest BCUT2D eigenvalue weighted by atomic mass is 9.81. The first-order valence-corrected chi connectivity index (χ1v) is 8.54. The quantitative estimate of drug-likeness (QED) is 0.585. The Morgan fingerprint density at radius 1 is 0.957 bits per heavy atom.